The van der Waals surface area contributed by atoms with Crippen LogP contribution in [0.2, 0.25) is 0 Å². The second kappa shape index (κ2) is 11.3. The Bertz CT molecular complexity index is 1320. The van der Waals surface area contributed by atoms with Crippen LogP contribution in [0.4, 0.5) is 24.5 Å². The van der Waals surface area contributed by atoms with E-state index in [4.69, 9.17) is 9.72 Å². The van der Waals surface area contributed by atoms with Gasteiger partial charge in [-0.25, -0.2) is 4.98 Å². The molecule has 2 aromatic rings. The molecule has 0 radical (unpaired) electrons. The summed E-state index contributed by atoms with van der Waals surface area (Å²) in [5, 5.41) is 10.3. The van der Waals surface area contributed by atoms with E-state index in [1.54, 1.807) is 9.80 Å². The first kappa shape index (κ1) is 27.7. The highest BCUT2D eigenvalue weighted by molar-refractivity contribution is 5.87. The summed E-state index contributed by atoms with van der Waals surface area (Å²) < 4.78 is 47.6. The van der Waals surface area contributed by atoms with Crippen LogP contribution in [0, 0.1) is 11.3 Å². The highest BCUT2D eigenvalue weighted by Gasteiger charge is 2.37. The molecule has 5 heterocycles. The van der Waals surface area contributed by atoms with Crippen LogP contribution in [0.5, 0.6) is 5.88 Å². The number of aromatic nitrogens is 2. The Kier molecular flexibility index (Phi) is 7.85. The van der Waals surface area contributed by atoms with Gasteiger partial charge in [0.25, 0.3) is 0 Å². The number of likely N-dealkylation sites (N-methyl/N-ethyl adjacent to an activating group) is 1. The summed E-state index contributed by atoms with van der Waals surface area (Å²) >= 11 is 0. The number of amides is 1. The van der Waals surface area contributed by atoms with Crippen molar-refractivity contribution in [3.05, 3.63) is 53.5 Å². The molecule has 212 valence electrons. The van der Waals surface area contributed by atoms with Gasteiger partial charge in [-0.15, -0.1) is 0 Å². The summed E-state index contributed by atoms with van der Waals surface area (Å²) in [6.07, 6.45) is 1.59. The number of alkyl halides is 3. The lowest BCUT2D eigenvalue weighted by Crippen LogP contribution is -2.49. The molecule has 3 aliphatic rings. The second-order valence-electron chi connectivity index (χ2n) is 10.3. The van der Waals surface area contributed by atoms with Gasteiger partial charge in [0.15, 0.2) is 0 Å². The lowest BCUT2D eigenvalue weighted by molar-refractivity contribution is -0.137. The minimum Gasteiger partial charge on any atom is -0.475 e. The lowest BCUT2D eigenvalue weighted by Gasteiger charge is -2.39. The third-order valence-corrected chi connectivity index (χ3v) is 8.02. The second-order valence-corrected chi connectivity index (χ2v) is 10.3. The average Bonchev–Trinajstić information content (AvgIpc) is 3.38. The highest BCUT2D eigenvalue weighted by Crippen LogP contribution is 2.41. The number of halogens is 3. The maximum absolute atomic E-state index is 13.8. The summed E-state index contributed by atoms with van der Waals surface area (Å²) in [4.78, 5) is 28.5. The fourth-order valence-corrected chi connectivity index (χ4v) is 5.82. The van der Waals surface area contributed by atoms with Gasteiger partial charge in [0.2, 0.25) is 11.8 Å². The first-order valence-electron chi connectivity index (χ1n) is 13.4. The maximum atomic E-state index is 13.8. The third-order valence-electron chi connectivity index (χ3n) is 8.02. The Morgan fingerprint density at radius 3 is 2.65 bits per heavy atom. The van der Waals surface area contributed by atoms with Crippen molar-refractivity contribution in [1.29, 1.82) is 5.26 Å². The zero-order valence-electron chi connectivity index (χ0n) is 22.5. The quantitative estimate of drug-likeness (QED) is 0.502. The van der Waals surface area contributed by atoms with E-state index >= 15 is 0 Å². The van der Waals surface area contributed by atoms with Gasteiger partial charge < -0.3 is 24.3 Å². The smallest absolute Gasteiger partial charge is 0.418 e. The van der Waals surface area contributed by atoms with Crippen molar-refractivity contribution in [2.45, 2.75) is 38.0 Å². The summed E-state index contributed by atoms with van der Waals surface area (Å²) in [7, 11) is 2.03. The number of carbonyl (C=O) groups excluding carboxylic acids is 1. The molecule has 40 heavy (non-hydrogen) atoms. The standard InChI is InChI=1S/C28H32F3N7O2/c1-3-25(39)36-11-13-37(14-12-36)26-20-7-10-38(24-16-33-8-6-22(24)28(29,30)31)17-23(20)34-27(21(26)15-32)40-18-19-5-4-9-35(19)2/h3,6,8,16,19H,1,4-5,7,9-14,17-18H2,2H3/t19-/m0/s1. The number of nitrogens with zero attached hydrogens (tertiary/aromatic N) is 7. The molecule has 2 fully saturated rings. The lowest BCUT2D eigenvalue weighted by atomic mass is 9.97. The van der Waals surface area contributed by atoms with Gasteiger partial charge >= 0.3 is 6.18 Å². The number of hydrogen-bond acceptors (Lipinski definition) is 8. The van der Waals surface area contributed by atoms with Crippen LogP contribution in [0.3, 0.4) is 0 Å². The molecule has 9 nitrogen and oxygen atoms in total. The minimum absolute atomic E-state index is 0.0000368. The number of likely N-dealkylation sites (tertiary alicyclic amines) is 1. The first-order valence-corrected chi connectivity index (χ1v) is 13.4. The number of anilines is 2. The largest absolute Gasteiger partial charge is 0.475 e. The van der Waals surface area contributed by atoms with Crippen molar-refractivity contribution < 1.29 is 22.7 Å². The molecule has 1 atom stereocenters. The number of hydrogen-bond donors (Lipinski definition) is 0. The number of fused-ring (bicyclic) bond motifs is 1. The van der Waals surface area contributed by atoms with E-state index in [2.05, 4.69) is 27.4 Å². The molecule has 0 saturated carbocycles. The number of pyridine rings is 2. The van der Waals surface area contributed by atoms with E-state index in [0.29, 0.717) is 62.7 Å². The van der Waals surface area contributed by atoms with Gasteiger partial charge in [-0.2, -0.15) is 18.4 Å². The van der Waals surface area contributed by atoms with Gasteiger partial charge in [-0.1, -0.05) is 6.58 Å². The van der Waals surface area contributed by atoms with Crippen molar-refractivity contribution in [2.24, 2.45) is 0 Å². The fraction of sp³-hybridized carbons (Fsp3) is 0.500. The van der Waals surface area contributed by atoms with Gasteiger partial charge in [0.05, 0.1) is 35.4 Å². The van der Waals surface area contributed by atoms with Crippen LogP contribution in [0.15, 0.2) is 31.1 Å². The Morgan fingerprint density at radius 1 is 1.23 bits per heavy atom. The summed E-state index contributed by atoms with van der Waals surface area (Å²) in [6.45, 7) is 7.26. The SMILES string of the molecule is C=CC(=O)N1CCN(c2c(C#N)c(OC[C@@H]3CCCN3C)nc3c2CCN(c2cnccc2C(F)(F)F)C3)CC1. The third kappa shape index (κ3) is 5.43. The summed E-state index contributed by atoms with van der Waals surface area (Å²) in [5.41, 5.74) is 1.70. The zero-order valence-corrected chi connectivity index (χ0v) is 22.5. The Labute approximate surface area is 231 Å². The molecule has 2 aromatic heterocycles. The predicted octanol–water partition coefficient (Wildman–Crippen LogP) is 3.24. The van der Waals surface area contributed by atoms with E-state index in [1.165, 1.54) is 12.3 Å². The van der Waals surface area contributed by atoms with Gasteiger partial charge in [-0.3, -0.25) is 9.78 Å². The van der Waals surface area contributed by atoms with Crippen molar-refractivity contribution in [2.75, 3.05) is 62.7 Å². The van der Waals surface area contributed by atoms with Crippen LogP contribution in [-0.4, -0.2) is 84.6 Å². The Morgan fingerprint density at radius 2 is 2.00 bits per heavy atom. The Hall–Kier alpha value is -3.85. The van der Waals surface area contributed by atoms with Crippen molar-refractivity contribution in [1.82, 2.24) is 19.8 Å². The van der Waals surface area contributed by atoms with Gasteiger partial charge in [0, 0.05) is 50.5 Å². The van der Waals surface area contributed by atoms with Crippen LogP contribution in [0.1, 0.15) is 35.2 Å². The summed E-state index contributed by atoms with van der Waals surface area (Å²) in [5.74, 6) is 0.0550. The Balaban J connectivity index is 1.51. The van der Waals surface area contributed by atoms with E-state index in [1.807, 2.05) is 7.05 Å². The number of nitriles is 1. The molecular weight excluding hydrogens is 523 g/mol. The van der Waals surface area contributed by atoms with Crippen LogP contribution in [0.25, 0.3) is 0 Å². The molecule has 2 saturated heterocycles. The summed E-state index contributed by atoms with van der Waals surface area (Å²) in [6, 6.07) is 3.49. The number of ether oxygens (including phenoxy) is 1. The van der Waals surface area contributed by atoms with Crippen LogP contribution < -0.4 is 14.5 Å². The van der Waals surface area contributed by atoms with Crippen LogP contribution in [-0.2, 0) is 23.9 Å². The first-order chi connectivity index (χ1) is 19.2. The van der Waals surface area contributed by atoms with E-state index in [-0.39, 0.29) is 30.1 Å². The van der Waals surface area contributed by atoms with Crippen molar-refractivity contribution in [3.8, 4) is 11.9 Å². The normalized spacial score (nSPS) is 19.8. The highest BCUT2D eigenvalue weighted by atomic mass is 19.4. The molecule has 0 N–H and O–H groups in total. The van der Waals surface area contributed by atoms with Gasteiger partial charge in [-0.05, 0) is 45.0 Å². The average molecular weight is 556 g/mol. The van der Waals surface area contributed by atoms with E-state index in [0.717, 1.165) is 37.2 Å². The molecule has 3 aliphatic heterocycles. The molecule has 12 heteroatoms. The van der Waals surface area contributed by atoms with Crippen molar-refractivity contribution >= 4 is 17.3 Å². The topological polar surface area (TPSA) is 88.8 Å². The molecule has 0 spiro atoms. The molecule has 1 amide bonds. The number of rotatable bonds is 6. The molecular formula is C28H32F3N7O2. The molecule has 0 unspecified atom stereocenters. The molecule has 5 rings (SSSR count). The number of piperazine rings is 1. The van der Waals surface area contributed by atoms with Crippen molar-refractivity contribution in [3.63, 3.8) is 0 Å². The molecule has 0 bridgehead atoms. The number of carbonyl (C=O) groups is 1. The van der Waals surface area contributed by atoms with E-state index in [9.17, 15) is 23.2 Å². The monoisotopic (exact) mass is 555 g/mol. The van der Waals surface area contributed by atoms with Crippen LogP contribution >= 0.6 is 0 Å². The zero-order chi connectivity index (χ0) is 28.4. The van der Waals surface area contributed by atoms with Gasteiger partial charge in [0.1, 0.15) is 18.2 Å². The predicted molar refractivity (Wildman–Crippen MR) is 143 cm³/mol. The molecule has 0 aromatic carbocycles. The fourth-order valence-electron chi connectivity index (χ4n) is 5.82. The minimum atomic E-state index is -4.52. The maximum Gasteiger partial charge on any atom is 0.418 e. The van der Waals surface area contributed by atoms with E-state index < -0.39 is 11.7 Å². The molecule has 0 aliphatic carbocycles.